The first-order chi connectivity index (χ1) is 13.8. The summed E-state index contributed by atoms with van der Waals surface area (Å²) >= 11 is 0. The summed E-state index contributed by atoms with van der Waals surface area (Å²) in [5.41, 5.74) is 3.19. The largest absolute Gasteiger partial charge is 0.491 e. The van der Waals surface area contributed by atoms with Crippen molar-refractivity contribution in [2.24, 2.45) is 0 Å². The number of aliphatic hydroxyl groups excluding tert-OH is 1. The van der Waals surface area contributed by atoms with Crippen molar-refractivity contribution >= 4 is 11.0 Å². The van der Waals surface area contributed by atoms with Crippen molar-refractivity contribution < 1.29 is 9.84 Å². The van der Waals surface area contributed by atoms with Gasteiger partial charge < -0.3 is 14.4 Å². The molecule has 3 aromatic rings. The van der Waals surface area contributed by atoms with Crippen molar-refractivity contribution in [3.8, 4) is 5.75 Å². The summed E-state index contributed by atoms with van der Waals surface area (Å²) < 4.78 is 8.15. The summed E-state index contributed by atoms with van der Waals surface area (Å²) in [6.07, 6.45) is 6.91. The average molecular weight is 377 g/mol. The summed E-state index contributed by atoms with van der Waals surface area (Å²) in [4.78, 5) is 4.90. The van der Waals surface area contributed by atoms with E-state index in [1.165, 1.54) is 25.7 Å². The van der Waals surface area contributed by atoms with Crippen molar-refractivity contribution in [2.75, 3.05) is 6.61 Å². The first-order valence-electron chi connectivity index (χ1n) is 10.2. The number of allylic oxidation sites excluding steroid dienone is 1. The van der Waals surface area contributed by atoms with Crippen LogP contribution in [-0.4, -0.2) is 27.4 Å². The molecule has 0 amide bonds. The van der Waals surface area contributed by atoms with Gasteiger partial charge in [-0.1, -0.05) is 49.2 Å². The van der Waals surface area contributed by atoms with Gasteiger partial charge in [0.15, 0.2) is 0 Å². The van der Waals surface area contributed by atoms with E-state index in [-0.39, 0.29) is 6.61 Å². The Bertz CT molecular complexity index is 941. The Morgan fingerprint density at radius 1 is 1.14 bits per heavy atom. The summed E-state index contributed by atoms with van der Waals surface area (Å²) in [5.74, 6) is 2.42. The average Bonchev–Trinajstić information content (AvgIpc) is 3.36. The number of aromatic nitrogens is 2. The molecule has 1 aliphatic carbocycles. The molecule has 1 atom stereocenters. The van der Waals surface area contributed by atoms with E-state index in [2.05, 4.69) is 23.3 Å². The van der Waals surface area contributed by atoms with Crippen LogP contribution in [0.3, 0.4) is 0 Å². The molecule has 1 fully saturated rings. The highest BCUT2D eigenvalue weighted by Crippen LogP contribution is 2.35. The van der Waals surface area contributed by atoms with Gasteiger partial charge in [-0.15, -0.1) is 6.58 Å². The monoisotopic (exact) mass is 376 g/mol. The van der Waals surface area contributed by atoms with E-state index in [1.54, 1.807) is 0 Å². The van der Waals surface area contributed by atoms with Gasteiger partial charge in [0.1, 0.15) is 24.3 Å². The normalized spacial score (nSPS) is 15.8. The van der Waals surface area contributed by atoms with Gasteiger partial charge in [-0.05, 0) is 43.0 Å². The molecule has 1 saturated carbocycles. The maximum Gasteiger partial charge on any atom is 0.122 e. The minimum atomic E-state index is -0.602. The van der Waals surface area contributed by atoms with Crippen molar-refractivity contribution in [1.82, 2.24) is 9.55 Å². The molecule has 0 aliphatic heterocycles. The highest BCUT2D eigenvalue weighted by molar-refractivity contribution is 5.76. The van der Waals surface area contributed by atoms with Gasteiger partial charge in [0, 0.05) is 5.92 Å². The predicted octanol–water partition coefficient (Wildman–Crippen LogP) is 4.86. The third-order valence-electron chi connectivity index (χ3n) is 5.57. The number of hydrogen-bond acceptors (Lipinski definition) is 3. The van der Waals surface area contributed by atoms with Gasteiger partial charge in [-0.3, -0.25) is 0 Å². The second-order valence-corrected chi connectivity index (χ2v) is 7.62. The van der Waals surface area contributed by atoms with Crippen LogP contribution in [0.4, 0.5) is 0 Å². The van der Waals surface area contributed by atoms with Crippen LogP contribution >= 0.6 is 0 Å². The smallest absolute Gasteiger partial charge is 0.122 e. The van der Waals surface area contributed by atoms with Gasteiger partial charge in [-0.2, -0.15) is 0 Å². The standard InChI is InChI=1S/C24H28N2O2/c1-2-9-18-10-5-8-15-23(18)28-17-20(27)16-26-22-14-7-6-13-21(22)25-24(26)19-11-3-4-12-19/h2,5-8,10,13-15,19-20,27H,1,3-4,9,11-12,16-17H2. The van der Waals surface area contributed by atoms with E-state index in [0.717, 1.165) is 34.6 Å². The predicted molar refractivity (Wildman–Crippen MR) is 113 cm³/mol. The van der Waals surface area contributed by atoms with E-state index < -0.39 is 6.10 Å². The van der Waals surface area contributed by atoms with Crippen LogP contribution in [0.25, 0.3) is 11.0 Å². The molecule has 4 nitrogen and oxygen atoms in total. The number of benzene rings is 2. The number of ether oxygens (including phenoxy) is 1. The Balaban J connectivity index is 1.51. The minimum Gasteiger partial charge on any atom is -0.491 e. The Kier molecular flexibility index (Phi) is 5.77. The number of aliphatic hydroxyl groups is 1. The fourth-order valence-electron chi connectivity index (χ4n) is 4.20. The van der Waals surface area contributed by atoms with E-state index in [9.17, 15) is 5.11 Å². The molecule has 2 aromatic carbocycles. The van der Waals surface area contributed by atoms with Crippen LogP contribution in [-0.2, 0) is 13.0 Å². The van der Waals surface area contributed by atoms with Crippen molar-refractivity contribution in [1.29, 1.82) is 0 Å². The molecule has 0 spiro atoms. The fraction of sp³-hybridized carbons (Fsp3) is 0.375. The Hall–Kier alpha value is -2.59. The maximum atomic E-state index is 10.7. The lowest BCUT2D eigenvalue weighted by molar-refractivity contribution is 0.0920. The molecule has 1 aromatic heterocycles. The number of rotatable bonds is 8. The zero-order valence-corrected chi connectivity index (χ0v) is 16.3. The van der Waals surface area contributed by atoms with Crippen LogP contribution in [0.15, 0.2) is 61.2 Å². The van der Waals surface area contributed by atoms with Gasteiger partial charge in [0.25, 0.3) is 0 Å². The molecule has 1 N–H and O–H groups in total. The maximum absolute atomic E-state index is 10.7. The SMILES string of the molecule is C=CCc1ccccc1OCC(O)Cn1c(C2CCCC2)nc2ccccc21. The zero-order valence-electron chi connectivity index (χ0n) is 16.3. The lowest BCUT2D eigenvalue weighted by atomic mass is 10.1. The van der Waals surface area contributed by atoms with Gasteiger partial charge >= 0.3 is 0 Å². The quantitative estimate of drug-likeness (QED) is 0.571. The first kappa shape index (κ1) is 18.8. The number of hydrogen-bond donors (Lipinski definition) is 1. The lowest BCUT2D eigenvalue weighted by Crippen LogP contribution is -2.25. The van der Waals surface area contributed by atoms with Crippen molar-refractivity contribution in [2.45, 2.75) is 50.7 Å². The second-order valence-electron chi connectivity index (χ2n) is 7.62. The highest BCUT2D eigenvalue weighted by atomic mass is 16.5. The third-order valence-corrected chi connectivity index (χ3v) is 5.57. The van der Waals surface area contributed by atoms with Crippen molar-refractivity contribution in [3.05, 3.63) is 72.6 Å². The molecule has 4 heteroatoms. The van der Waals surface area contributed by atoms with Crippen LogP contribution in [0, 0.1) is 0 Å². The van der Waals surface area contributed by atoms with Crippen LogP contribution < -0.4 is 4.74 Å². The third kappa shape index (κ3) is 3.97. The molecular formula is C24H28N2O2. The van der Waals surface area contributed by atoms with Gasteiger partial charge in [0.2, 0.25) is 0 Å². The molecule has 0 saturated heterocycles. The zero-order chi connectivity index (χ0) is 19.3. The van der Waals surface area contributed by atoms with Crippen LogP contribution in [0.5, 0.6) is 5.75 Å². The number of nitrogens with zero attached hydrogens (tertiary/aromatic N) is 2. The van der Waals surface area contributed by atoms with Gasteiger partial charge in [0.05, 0.1) is 17.6 Å². The number of imidazole rings is 1. The van der Waals surface area contributed by atoms with E-state index in [1.807, 2.05) is 42.5 Å². The molecule has 0 bridgehead atoms. The fourth-order valence-corrected chi connectivity index (χ4v) is 4.20. The summed E-state index contributed by atoms with van der Waals surface area (Å²) in [6.45, 7) is 4.55. The lowest BCUT2D eigenvalue weighted by Gasteiger charge is -2.18. The molecule has 0 radical (unpaired) electrons. The Morgan fingerprint density at radius 3 is 2.71 bits per heavy atom. The van der Waals surface area contributed by atoms with Crippen LogP contribution in [0.1, 0.15) is 43.0 Å². The Labute approximate surface area is 166 Å². The molecule has 4 rings (SSSR count). The first-order valence-corrected chi connectivity index (χ1v) is 10.2. The molecule has 1 aliphatic rings. The molecule has 146 valence electrons. The molecular weight excluding hydrogens is 348 g/mol. The summed E-state index contributed by atoms with van der Waals surface area (Å²) in [5, 5.41) is 10.7. The van der Waals surface area contributed by atoms with Gasteiger partial charge in [-0.25, -0.2) is 4.98 Å². The molecule has 28 heavy (non-hydrogen) atoms. The number of fused-ring (bicyclic) bond motifs is 1. The van der Waals surface area contributed by atoms with E-state index >= 15 is 0 Å². The summed E-state index contributed by atoms with van der Waals surface area (Å²) in [7, 11) is 0. The topological polar surface area (TPSA) is 47.3 Å². The second kappa shape index (κ2) is 8.61. The van der Waals surface area contributed by atoms with Crippen LogP contribution in [0.2, 0.25) is 0 Å². The summed E-state index contributed by atoms with van der Waals surface area (Å²) in [6, 6.07) is 16.1. The minimum absolute atomic E-state index is 0.255. The van der Waals surface area contributed by atoms with E-state index in [4.69, 9.17) is 9.72 Å². The molecule has 1 unspecified atom stereocenters. The van der Waals surface area contributed by atoms with E-state index in [0.29, 0.717) is 12.5 Å². The highest BCUT2D eigenvalue weighted by Gasteiger charge is 2.24. The van der Waals surface area contributed by atoms with Crippen molar-refractivity contribution in [3.63, 3.8) is 0 Å². The Morgan fingerprint density at radius 2 is 1.89 bits per heavy atom. The molecule has 1 heterocycles. The number of para-hydroxylation sites is 3.